The molecule has 37 heavy (non-hydrogen) atoms. The number of halogens is 1. The van der Waals surface area contributed by atoms with Gasteiger partial charge in [0.2, 0.25) is 0 Å². The summed E-state index contributed by atoms with van der Waals surface area (Å²) in [6.07, 6.45) is 8.29. The summed E-state index contributed by atoms with van der Waals surface area (Å²) in [4.78, 5) is 15.7. The van der Waals surface area contributed by atoms with E-state index in [1.807, 2.05) is 26.4 Å². The van der Waals surface area contributed by atoms with Crippen LogP contribution in [0.3, 0.4) is 0 Å². The molecular formula is C27H32FN7O2. The molecule has 0 unspecified atom stereocenters. The zero-order chi connectivity index (χ0) is 25.7. The van der Waals surface area contributed by atoms with Gasteiger partial charge in [0, 0.05) is 68.5 Å². The van der Waals surface area contributed by atoms with Crippen molar-refractivity contribution in [3.05, 3.63) is 42.0 Å². The van der Waals surface area contributed by atoms with E-state index < -0.39 is 11.7 Å². The summed E-state index contributed by atoms with van der Waals surface area (Å²) in [5.41, 5.74) is 2.29. The molecule has 1 saturated carbocycles. The summed E-state index contributed by atoms with van der Waals surface area (Å²) in [5, 5.41) is 17.1. The molecule has 2 fully saturated rings. The minimum Gasteiger partial charge on any atom is -0.492 e. The normalized spacial score (nSPS) is 16.6. The standard InChI is InChI=1S/C27H32FN7O2/c1-4-37-24-13-21-16(14-33(2)31-21)11-22(24)30-27(36)25-20(28)12-23(19-15-34(3)32-26(19)25)35-9-7-18(8-10-35)29-17-5-6-17/h11-15,17-18,29H,4-10H2,1-3H3,(H,30,36). The highest BCUT2D eigenvalue weighted by Crippen LogP contribution is 2.35. The van der Waals surface area contributed by atoms with E-state index in [9.17, 15) is 4.79 Å². The Kier molecular flexibility index (Phi) is 5.98. The highest BCUT2D eigenvalue weighted by atomic mass is 19.1. The third-order valence-corrected chi connectivity index (χ3v) is 7.22. The first kappa shape index (κ1) is 23.7. The lowest BCUT2D eigenvalue weighted by atomic mass is 10.0. The second-order valence-corrected chi connectivity index (χ2v) is 10.1. The Morgan fingerprint density at radius 2 is 1.78 bits per heavy atom. The molecule has 9 nitrogen and oxygen atoms in total. The van der Waals surface area contributed by atoms with Crippen LogP contribution in [0.5, 0.6) is 5.75 Å². The number of nitrogens with zero attached hydrogens (tertiary/aromatic N) is 5. The van der Waals surface area contributed by atoms with Gasteiger partial charge in [-0.05, 0) is 44.7 Å². The maximum Gasteiger partial charge on any atom is 0.261 e. The van der Waals surface area contributed by atoms with Crippen LogP contribution >= 0.6 is 0 Å². The van der Waals surface area contributed by atoms with Crippen molar-refractivity contribution in [2.45, 2.75) is 44.7 Å². The number of piperidine rings is 1. The SMILES string of the molecule is CCOc1cc2nn(C)cc2cc1NC(=O)c1c(F)cc(N2CCC(NC3CC3)CC2)c2cn(C)nc12. The topological polar surface area (TPSA) is 89.2 Å². The molecule has 0 radical (unpaired) electrons. The van der Waals surface area contributed by atoms with E-state index in [0.717, 1.165) is 47.9 Å². The van der Waals surface area contributed by atoms with E-state index in [1.165, 1.54) is 18.9 Å². The number of aromatic nitrogens is 4. The first-order valence-electron chi connectivity index (χ1n) is 13.0. The number of fused-ring (bicyclic) bond motifs is 2. The predicted molar refractivity (Wildman–Crippen MR) is 142 cm³/mol. The molecule has 4 aromatic rings. The minimum absolute atomic E-state index is 0.0710. The number of nitrogens with one attached hydrogen (secondary N) is 2. The van der Waals surface area contributed by atoms with Crippen molar-refractivity contribution in [3.63, 3.8) is 0 Å². The van der Waals surface area contributed by atoms with Crippen molar-refractivity contribution >= 4 is 39.1 Å². The van der Waals surface area contributed by atoms with Gasteiger partial charge in [0.25, 0.3) is 5.91 Å². The summed E-state index contributed by atoms with van der Waals surface area (Å²) < 4.78 is 24.8. The first-order valence-corrected chi connectivity index (χ1v) is 13.0. The Labute approximate surface area is 214 Å². The number of hydrogen-bond donors (Lipinski definition) is 2. The average molecular weight is 506 g/mol. The second-order valence-electron chi connectivity index (χ2n) is 10.1. The van der Waals surface area contributed by atoms with Crippen LogP contribution < -0.4 is 20.3 Å². The smallest absolute Gasteiger partial charge is 0.261 e. The third kappa shape index (κ3) is 4.61. The van der Waals surface area contributed by atoms with Crippen molar-refractivity contribution in [2.75, 3.05) is 29.9 Å². The monoisotopic (exact) mass is 505 g/mol. The molecule has 2 aliphatic rings. The van der Waals surface area contributed by atoms with Crippen LogP contribution in [0.1, 0.15) is 43.0 Å². The van der Waals surface area contributed by atoms with Gasteiger partial charge in [-0.2, -0.15) is 10.2 Å². The number of anilines is 2. The molecule has 2 aromatic heterocycles. The van der Waals surface area contributed by atoms with Gasteiger partial charge < -0.3 is 20.3 Å². The number of carbonyl (C=O) groups excluding carboxylic acids is 1. The van der Waals surface area contributed by atoms with Crippen molar-refractivity contribution in [1.29, 1.82) is 0 Å². The molecule has 6 rings (SSSR count). The Morgan fingerprint density at radius 3 is 2.51 bits per heavy atom. The molecule has 1 amide bonds. The third-order valence-electron chi connectivity index (χ3n) is 7.22. The molecule has 1 aliphatic carbocycles. The fourth-order valence-corrected chi connectivity index (χ4v) is 5.32. The largest absolute Gasteiger partial charge is 0.492 e. The Hall–Kier alpha value is -3.66. The van der Waals surface area contributed by atoms with Crippen molar-refractivity contribution in [3.8, 4) is 5.75 Å². The van der Waals surface area contributed by atoms with E-state index in [4.69, 9.17) is 4.74 Å². The van der Waals surface area contributed by atoms with Gasteiger partial charge in [-0.3, -0.25) is 14.2 Å². The lowest BCUT2D eigenvalue weighted by Crippen LogP contribution is -2.43. The number of ether oxygens (including phenoxy) is 1. The molecule has 0 atom stereocenters. The fourth-order valence-electron chi connectivity index (χ4n) is 5.32. The molecule has 0 spiro atoms. The zero-order valence-corrected chi connectivity index (χ0v) is 21.4. The number of amides is 1. The van der Waals surface area contributed by atoms with E-state index in [0.29, 0.717) is 35.6 Å². The quantitative estimate of drug-likeness (QED) is 0.395. The maximum atomic E-state index is 15.7. The lowest BCUT2D eigenvalue weighted by Gasteiger charge is -2.34. The fraction of sp³-hybridized carbons (Fsp3) is 0.444. The van der Waals surface area contributed by atoms with Crippen molar-refractivity contribution < 1.29 is 13.9 Å². The second kappa shape index (κ2) is 9.33. The molecule has 2 aromatic carbocycles. The van der Waals surface area contributed by atoms with E-state index in [1.54, 1.807) is 28.5 Å². The Balaban J connectivity index is 1.31. The highest BCUT2D eigenvalue weighted by molar-refractivity contribution is 6.15. The van der Waals surface area contributed by atoms with Crippen LogP contribution in [0.25, 0.3) is 21.8 Å². The van der Waals surface area contributed by atoms with Gasteiger partial charge in [0.05, 0.1) is 23.5 Å². The predicted octanol–water partition coefficient (Wildman–Crippen LogP) is 3.97. The van der Waals surface area contributed by atoms with Gasteiger partial charge in [0.1, 0.15) is 22.6 Å². The van der Waals surface area contributed by atoms with E-state index in [-0.39, 0.29) is 5.56 Å². The summed E-state index contributed by atoms with van der Waals surface area (Å²) in [7, 11) is 3.62. The number of rotatable bonds is 7. The Bertz CT molecular complexity index is 1480. The molecule has 1 aliphatic heterocycles. The van der Waals surface area contributed by atoms with Crippen LogP contribution in [-0.4, -0.2) is 57.2 Å². The number of aryl methyl sites for hydroxylation is 2. The number of benzene rings is 2. The summed E-state index contributed by atoms with van der Waals surface area (Å²) in [6, 6.07) is 6.26. The van der Waals surface area contributed by atoms with Crippen LogP contribution in [-0.2, 0) is 14.1 Å². The molecule has 194 valence electrons. The van der Waals surface area contributed by atoms with Crippen molar-refractivity contribution in [1.82, 2.24) is 24.9 Å². The average Bonchev–Trinajstić information content (AvgIpc) is 3.48. The first-order chi connectivity index (χ1) is 17.9. The van der Waals surface area contributed by atoms with Crippen LogP contribution in [0, 0.1) is 5.82 Å². The molecule has 2 N–H and O–H groups in total. The van der Waals surface area contributed by atoms with Gasteiger partial charge in [0.15, 0.2) is 0 Å². The van der Waals surface area contributed by atoms with Gasteiger partial charge in [-0.15, -0.1) is 0 Å². The lowest BCUT2D eigenvalue weighted by molar-refractivity contribution is 0.102. The minimum atomic E-state index is -0.586. The zero-order valence-electron chi connectivity index (χ0n) is 21.4. The van der Waals surface area contributed by atoms with E-state index >= 15 is 4.39 Å². The van der Waals surface area contributed by atoms with Gasteiger partial charge in [-0.1, -0.05) is 0 Å². The maximum absolute atomic E-state index is 15.7. The van der Waals surface area contributed by atoms with E-state index in [2.05, 4.69) is 25.7 Å². The van der Waals surface area contributed by atoms with Crippen LogP contribution in [0.15, 0.2) is 30.6 Å². The molecular weight excluding hydrogens is 473 g/mol. The number of carbonyl (C=O) groups is 1. The summed E-state index contributed by atoms with van der Waals surface area (Å²) >= 11 is 0. The van der Waals surface area contributed by atoms with Gasteiger partial charge >= 0.3 is 0 Å². The summed E-state index contributed by atoms with van der Waals surface area (Å²) in [5.74, 6) is -0.666. The molecule has 0 bridgehead atoms. The molecule has 3 heterocycles. The highest BCUT2D eigenvalue weighted by Gasteiger charge is 2.29. The summed E-state index contributed by atoms with van der Waals surface area (Å²) in [6.45, 7) is 3.96. The van der Waals surface area contributed by atoms with Crippen LogP contribution in [0.4, 0.5) is 15.8 Å². The Morgan fingerprint density at radius 1 is 1.05 bits per heavy atom. The van der Waals surface area contributed by atoms with Crippen LogP contribution in [0.2, 0.25) is 0 Å². The number of hydrogen-bond acceptors (Lipinski definition) is 6. The van der Waals surface area contributed by atoms with Gasteiger partial charge in [-0.25, -0.2) is 4.39 Å². The van der Waals surface area contributed by atoms with Crippen molar-refractivity contribution in [2.24, 2.45) is 14.1 Å². The molecule has 10 heteroatoms. The molecule has 1 saturated heterocycles.